The van der Waals surface area contributed by atoms with Crippen LogP contribution in [-0.2, 0) is 19.1 Å². The molecule has 0 aliphatic carbocycles. The second-order valence-corrected chi connectivity index (χ2v) is 14.8. The van der Waals surface area contributed by atoms with Crippen LogP contribution in [0.5, 0.6) is 0 Å². The molecule has 0 saturated heterocycles. The molecule has 290 valence electrons. The van der Waals surface area contributed by atoms with E-state index < -0.39 is 12.0 Å². The van der Waals surface area contributed by atoms with Gasteiger partial charge in [0.15, 0.2) is 0 Å². The second kappa shape index (κ2) is 37.6. The highest BCUT2D eigenvalue weighted by Gasteiger charge is 2.19. The van der Waals surface area contributed by atoms with Crippen LogP contribution in [0.3, 0.4) is 0 Å². The first-order valence-corrected chi connectivity index (χ1v) is 21.4. The van der Waals surface area contributed by atoms with Gasteiger partial charge in [-0.2, -0.15) is 0 Å². The molecule has 49 heavy (non-hydrogen) atoms. The molecule has 1 amide bonds. The van der Waals surface area contributed by atoms with Crippen LogP contribution in [-0.4, -0.2) is 41.6 Å². The number of hydrogen-bond acceptors (Lipinski definition) is 5. The van der Waals surface area contributed by atoms with Crippen molar-refractivity contribution < 1.29 is 24.2 Å². The Morgan fingerprint density at radius 2 is 0.878 bits per heavy atom. The number of carboxylic acid groups (broad SMARTS) is 1. The maximum Gasteiger partial charge on any atom is 0.326 e. The van der Waals surface area contributed by atoms with Crippen molar-refractivity contribution in [2.75, 3.05) is 6.54 Å². The highest BCUT2D eigenvalue weighted by molar-refractivity contribution is 5.83. The zero-order chi connectivity index (χ0) is 36.0. The van der Waals surface area contributed by atoms with Gasteiger partial charge in [-0.3, -0.25) is 9.59 Å². The van der Waals surface area contributed by atoms with Crippen molar-refractivity contribution in [1.82, 2.24) is 5.32 Å². The van der Waals surface area contributed by atoms with Crippen molar-refractivity contribution in [2.45, 2.75) is 244 Å². The summed E-state index contributed by atoms with van der Waals surface area (Å²) in [5, 5.41) is 11.9. The van der Waals surface area contributed by atoms with Crippen LogP contribution in [0.15, 0.2) is 0 Å². The Hall–Kier alpha value is -1.63. The minimum absolute atomic E-state index is 0.0181. The lowest BCUT2D eigenvalue weighted by molar-refractivity contribution is -0.150. The molecule has 7 heteroatoms. The summed E-state index contributed by atoms with van der Waals surface area (Å²) in [6, 6.07) is -0.851. The van der Waals surface area contributed by atoms with Crippen molar-refractivity contribution in [3.63, 3.8) is 0 Å². The zero-order valence-electron chi connectivity index (χ0n) is 32.6. The van der Waals surface area contributed by atoms with Gasteiger partial charge in [-0.1, -0.05) is 168 Å². The van der Waals surface area contributed by atoms with Gasteiger partial charge in [-0.25, -0.2) is 4.79 Å². The smallest absolute Gasteiger partial charge is 0.326 e. The number of unbranched alkanes of at least 4 members (excludes halogenated alkanes) is 25. The minimum atomic E-state index is -1.00. The average molecular weight is 695 g/mol. The van der Waals surface area contributed by atoms with E-state index >= 15 is 0 Å². The maximum atomic E-state index is 12.7. The first-order chi connectivity index (χ1) is 23.9. The van der Waals surface area contributed by atoms with Crippen molar-refractivity contribution >= 4 is 17.8 Å². The number of nitrogens with two attached hydrogens (primary N) is 1. The Kier molecular flexibility index (Phi) is 36.4. The van der Waals surface area contributed by atoms with Crippen LogP contribution >= 0.6 is 0 Å². The fourth-order valence-corrected chi connectivity index (χ4v) is 6.69. The zero-order valence-corrected chi connectivity index (χ0v) is 32.6. The van der Waals surface area contributed by atoms with E-state index in [9.17, 15) is 19.5 Å². The highest BCUT2D eigenvalue weighted by Crippen LogP contribution is 2.19. The third kappa shape index (κ3) is 34.6. The lowest BCUT2D eigenvalue weighted by Gasteiger charge is -2.18. The van der Waals surface area contributed by atoms with Gasteiger partial charge in [0.1, 0.15) is 12.1 Å². The molecule has 0 aromatic heterocycles. The van der Waals surface area contributed by atoms with Crippen molar-refractivity contribution in [2.24, 2.45) is 5.73 Å². The second-order valence-electron chi connectivity index (χ2n) is 14.8. The Bertz CT molecular complexity index is 747. The molecule has 0 aliphatic heterocycles. The quantitative estimate of drug-likeness (QED) is 0.0435. The van der Waals surface area contributed by atoms with E-state index in [1.807, 2.05) is 0 Å². The average Bonchev–Trinajstić information content (AvgIpc) is 3.08. The van der Waals surface area contributed by atoms with E-state index in [1.165, 1.54) is 128 Å². The van der Waals surface area contributed by atoms with Crippen LogP contribution in [0.4, 0.5) is 0 Å². The van der Waals surface area contributed by atoms with E-state index in [2.05, 4.69) is 19.2 Å². The van der Waals surface area contributed by atoms with Gasteiger partial charge in [-0.05, 0) is 57.9 Å². The molecule has 0 radical (unpaired) electrons. The summed E-state index contributed by atoms with van der Waals surface area (Å²) >= 11 is 0. The van der Waals surface area contributed by atoms with Gasteiger partial charge in [0.05, 0.1) is 0 Å². The van der Waals surface area contributed by atoms with Gasteiger partial charge in [-0.15, -0.1) is 0 Å². The third-order valence-corrected chi connectivity index (χ3v) is 9.92. The van der Waals surface area contributed by atoms with Gasteiger partial charge in [0, 0.05) is 12.8 Å². The molecule has 0 spiro atoms. The predicted octanol–water partition coefficient (Wildman–Crippen LogP) is 11.7. The van der Waals surface area contributed by atoms with Gasteiger partial charge in [0.25, 0.3) is 0 Å². The summed E-state index contributed by atoms with van der Waals surface area (Å²) in [5.74, 6) is -1.22. The molecule has 0 aromatic rings. The van der Waals surface area contributed by atoms with Crippen LogP contribution in [0, 0.1) is 0 Å². The number of amides is 1. The Balaban J connectivity index is 4.11. The largest absolute Gasteiger partial charge is 0.480 e. The number of ether oxygens (including phenoxy) is 1. The summed E-state index contributed by atoms with van der Waals surface area (Å²) in [5.41, 5.74) is 5.47. The lowest BCUT2D eigenvalue weighted by Crippen LogP contribution is -2.40. The summed E-state index contributed by atoms with van der Waals surface area (Å²) in [6.45, 7) is 4.94. The summed E-state index contributed by atoms with van der Waals surface area (Å²) < 4.78 is 6.02. The molecule has 0 saturated carbocycles. The van der Waals surface area contributed by atoms with Crippen LogP contribution in [0.2, 0.25) is 0 Å². The van der Waals surface area contributed by atoms with Gasteiger partial charge >= 0.3 is 11.9 Å². The number of esters is 1. The first-order valence-electron chi connectivity index (χ1n) is 21.4. The molecule has 0 rings (SSSR count). The number of hydrogen-bond donors (Lipinski definition) is 3. The fourth-order valence-electron chi connectivity index (χ4n) is 6.69. The number of aliphatic carboxylic acids is 1. The number of rotatable bonds is 39. The summed E-state index contributed by atoms with van der Waals surface area (Å²) in [4.78, 5) is 36.2. The monoisotopic (exact) mass is 695 g/mol. The molecule has 0 aromatic carbocycles. The molecule has 0 aliphatic rings. The van der Waals surface area contributed by atoms with Crippen LogP contribution < -0.4 is 11.1 Å². The Labute approximate surface area is 303 Å². The standard InChI is InChI=1S/C42H82N2O5/c1-3-5-7-9-11-12-13-14-15-16-17-18-19-21-26-30-36-41(46)49-38(32-27-23-20-10-8-6-4-2)33-28-24-22-25-29-35-40(45)44-39(42(47)48)34-31-37-43/h38-39H,3-37,43H2,1-2H3,(H,44,45)(H,47,48). The third-order valence-electron chi connectivity index (χ3n) is 9.92. The van der Waals surface area contributed by atoms with E-state index in [1.54, 1.807) is 0 Å². The summed E-state index contributed by atoms with van der Waals surface area (Å²) in [7, 11) is 0. The Morgan fingerprint density at radius 3 is 1.27 bits per heavy atom. The molecule has 0 bridgehead atoms. The maximum absolute atomic E-state index is 12.7. The highest BCUT2D eigenvalue weighted by atomic mass is 16.5. The number of carbonyl (C=O) groups is 3. The van der Waals surface area contributed by atoms with Crippen molar-refractivity contribution in [1.29, 1.82) is 0 Å². The molecule has 0 fully saturated rings. The minimum Gasteiger partial charge on any atom is -0.480 e. The molecular weight excluding hydrogens is 612 g/mol. The van der Waals surface area contributed by atoms with Gasteiger partial charge in [0.2, 0.25) is 5.91 Å². The topological polar surface area (TPSA) is 119 Å². The van der Waals surface area contributed by atoms with Crippen molar-refractivity contribution in [3.05, 3.63) is 0 Å². The predicted molar refractivity (Wildman–Crippen MR) is 207 cm³/mol. The molecule has 2 unspecified atom stereocenters. The van der Waals surface area contributed by atoms with E-state index in [-0.39, 0.29) is 18.0 Å². The number of carboxylic acids is 1. The van der Waals surface area contributed by atoms with Crippen LogP contribution in [0.25, 0.3) is 0 Å². The van der Waals surface area contributed by atoms with Gasteiger partial charge < -0.3 is 20.9 Å². The molecule has 4 N–H and O–H groups in total. The van der Waals surface area contributed by atoms with E-state index in [0.717, 1.165) is 64.2 Å². The summed E-state index contributed by atoms with van der Waals surface area (Å²) in [6.07, 6.45) is 38.7. The van der Waals surface area contributed by atoms with E-state index in [0.29, 0.717) is 32.2 Å². The first kappa shape index (κ1) is 47.4. The number of nitrogens with one attached hydrogen (secondary N) is 1. The molecular formula is C42H82N2O5. The lowest BCUT2D eigenvalue weighted by atomic mass is 10.0. The molecule has 2 atom stereocenters. The molecule has 0 heterocycles. The number of carbonyl (C=O) groups excluding carboxylic acids is 2. The molecule has 7 nitrogen and oxygen atoms in total. The normalized spacial score (nSPS) is 12.6. The Morgan fingerprint density at radius 1 is 0.510 bits per heavy atom. The van der Waals surface area contributed by atoms with Crippen molar-refractivity contribution in [3.8, 4) is 0 Å². The SMILES string of the molecule is CCCCCCCCCCCCCCCCCCC(=O)OC(CCCCCCCCC)CCCCCCCC(=O)NC(CCCN)C(=O)O. The van der Waals surface area contributed by atoms with E-state index in [4.69, 9.17) is 10.5 Å². The van der Waals surface area contributed by atoms with Crippen LogP contribution in [0.1, 0.15) is 232 Å². The fraction of sp³-hybridized carbons (Fsp3) is 0.929.